The van der Waals surface area contributed by atoms with Crippen LogP contribution >= 0.6 is 0 Å². The number of hydrogen-bond donors (Lipinski definition) is 1. The number of imide groups is 1. The molecule has 0 aliphatic carbocycles. The second-order valence-corrected chi connectivity index (χ2v) is 6.97. The monoisotopic (exact) mass is 385 g/mol. The highest BCUT2D eigenvalue weighted by atomic mass is 16.5. The summed E-state index contributed by atoms with van der Waals surface area (Å²) in [6.45, 7) is 3.14. The van der Waals surface area contributed by atoms with Gasteiger partial charge in [-0.2, -0.15) is 0 Å². The third-order valence-electron chi connectivity index (χ3n) is 4.66. The highest BCUT2D eigenvalue weighted by Gasteiger charge is 2.47. The Hall–Kier alpha value is -3.16. The molecule has 28 heavy (non-hydrogen) atoms. The average Bonchev–Trinajstić information content (AvgIpc) is 3.25. The van der Waals surface area contributed by atoms with Crippen molar-refractivity contribution in [2.45, 2.75) is 45.3 Å². The summed E-state index contributed by atoms with van der Waals surface area (Å²) >= 11 is 0. The number of amides is 3. The number of nitrogens with one attached hydrogen (secondary N) is 1. The second-order valence-electron chi connectivity index (χ2n) is 6.97. The first-order valence-corrected chi connectivity index (χ1v) is 9.23. The van der Waals surface area contributed by atoms with Crippen molar-refractivity contribution in [3.63, 3.8) is 0 Å². The smallest absolute Gasteiger partial charge is 0.326 e. The zero-order valence-electron chi connectivity index (χ0n) is 15.9. The van der Waals surface area contributed by atoms with E-state index in [9.17, 15) is 14.4 Å². The van der Waals surface area contributed by atoms with Crippen LogP contribution in [0.4, 0.5) is 4.79 Å². The SMILES string of the molecule is CCCC[C@]1(C)NC(=O)N(CC(=O)OCc2cc(-c3ccccc3)on2)C1=O. The summed E-state index contributed by atoms with van der Waals surface area (Å²) in [6.07, 6.45) is 2.24. The van der Waals surface area contributed by atoms with Gasteiger partial charge in [0, 0.05) is 11.6 Å². The van der Waals surface area contributed by atoms with E-state index in [4.69, 9.17) is 9.26 Å². The maximum Gasteiger partial charge on any atom is 0.326 e. The van der Waals surface area contributed by atoms with E-state index in [2.05, 4.69) is 10.5 Å². The molecule has 1 aromatic heterocycles. The molecule has 2 aromatic rings. The number of benzene rings is 1. The molecule has 1 aliphatic rings. The number of esters is 1. The lowest BCUT2D eigenvalue weighted by Crippen LogP contribution is -2.44. The predicted molar refractivity (Wildman–Crippen MR) is 99.9 cm³/mol. The summed E-state index contributed by atoms with van der Waals surface area (Å²) in [4.78, 5) is 37.6. The van der Waals surface area contributed by atoms with E-state index in [-0.39, 0.29) is 6.61 Å². The van der Waals surface area contributed by atoms with Crippen LogP contribution in [0.1, 0.15) is 38.8 Å². The van der Waals surface area contributed by atoms with E-state index in [0.29, 0.717) is 17.9 Å². The van der Waals surface area contributed by atoms with Crippen molar-refractivity contribution in [1.29, 1.82) is 0 Å². The number of rotatable bonds is 8. The molecule has 0 bridgehead atoms. The Balaban J connectivity index is 1.54. The summed E-state index contributed by atoms with van der Waals surface area (Å²) < 4.78 is 10.4. The Kier molecular flexibility index (Phi) is 5.77. The summed E-state index contributed by atoms with van der Waals surface area (Å²) in [7, 11) is 0. The van der Waals surface area contributed by atoms with Gasteiger partial charge in [0.05, 0.1) is 0 Å². The first kappa shape index (κ1) is 19.6. The van der Waals surface area contributed by atoms with Crippen molar-refractivity contribution in [2.24, 2.45) is 0 Å². The van der Waals surface area contributed by atoms with Crippen LogP contribution < -0.4 is 5.32 Å². The second kappa shape index (κ2) is 8.24. The number of carbonyl (C=O) groups excluding carboxylic acids is 3. The minimum absolute atomic E-state index is 0.105. The topological polar surface area (TPSA) is 102 Å². The van der Waals surface area contributed by atoms with E-state index in [0.717, 1.165) is 23.3 Å². The predicted octanol–water partition coefficient (Wildman–Crippen LogP) is 2.89. The standard InChI is InChI=1S/C20H23N3O5/c1-3-4-10-20(2)18(25)23(19(26)21-20)12-17(24)27-13-15-11-16(28-22-15)14-8-6-5-7-9-14/h5-9,11H,3-4,10,12-13H2,1-2H3,(H,21,26)/t20-/m0/s1. The van der Waals surface area contributed by atoms with Gasteiger partial charge in [-0.15, -0.1) is 0 Å². The molecule has 3 amide bonds. The van der Waals surface area contributed by atoms with Crippen LogP contribution in [0.25, 0.3) is 11.3 Å². The highest BCUT2D eigenvalue weighted by Crippen LogP contribution is 2.23. The van der Waals surface area contributed by atoms with Crippen LogP contribution in [-0.2, 0) is 20.9 Å². The van der Waals surface area contributed by atoms with Gasteiger partial charge in [0.1, 0.15) is 24.4 Å². The van der Waals surface area contributed by atoms with Crippen molar-refractivity contribution < 1.29 is 23.6 Å². The summed E-state index contributed by atoms with van der Waals surface area (Å²) in [5, 5.41) is 6.54. The van der Waals surface area contributed by atoms with Crippen LogP contribution in [0.2, 0.25) is 0 Å². The minimum atomic E-state index is -0.968. The van der Waals surface area contributed by atoms with Gasteiger partial charge < -0.3 is 14.6 Å². The molecule has 1 atom stereocenters. The van der Waals surface area contributed by atoms with Gasteiger partial charge in [0.15, 0.2) is 5.76 Å². The molecule has 8 nitrogen and oxygen atoms in total. The molecule has 0 spiro atoms. The fourth-order valence-corrected chi connectivity index (χ4v) is 3.04. The molecule has 0 radical (unpaired) electrons. The van der Waals surface area contributed by atoms with Crippen molar-refractivity contribution in [2.75, 3.05) is 6.54 Å². The highest BCUT2D eigenvalue weighted by molar-refractivity contribution is 6.08. The van der Waals surface area contributed by atoms with Crippen molar-refractivity contribution >= 4 is 17.9 Å². The van der Waals surface area contributed by atoms with Gasteiger partial charge in [-0.05, 0) is 13.3 Å². The van der Waals surface area contributed by atoms with Crippen molar-refractivity contribution in [3.8, 4) is 11.3 Å². The van der Waals surface area contributed by atoms with Gasteiger partial charge in [-0.3, -0.25) is 14.5 Å². The first-order chi connectivity index (χ1) is 13.4. The molecule has 2 heterocycles. The molecular formula is C20H23N3O5. The largest absolute Gasteiger partial charge is 0.458 e. The lowest BCUT2D eigenvalue weighted by atomic mass is 9.95. The Morgan fingerprint density at radius 1 is 1.29 bits per heavy atom. The van der Waals surface area contributed by atoms with E-state index < -0.39 is 30.0 Å². The van der Waals surface area contributed by atoms with Gasteiger partial charge in [-0.1, -0.05) is 55.3 Å². The summed E-state index contributed by atoms with van der Waals surface area (Å²) in [6, 6.07) is 10.5. The summed E-state index contributed by atoms with van der Waals surface area (Å²) in [5.74, 6) is -0.532. The molecular weight excluding hydrogens is 362 g/mol. The number of ether oxygens (including phenoxy) is 1. The average molecular weight is 385 g/mol. The van der Waals surface area contributed by atoms with Gasteiger partial charge in [-0.25, -0.2) is 4.79 Å². The third-order valence-corrected chi connectivity index (χ3v) is 4.66. The van der Waals surface area contributed by atoms with Gasteiger partial charge in [0.25, 0.3) is 5.91 Å². The fraction of sp³-hybridized carbons (Fsp3) is 0.400. The molecule has 148 valence electrons. The van der Waals surface area contributed by atoms with Crippen LogP contribution in [0, 0.1) is 0 Å². The number of unbranched alkanes of at least 4 members (excludes halogenated alkanes) is 1. The van der Waals surface area contributed by atoms with E-state index >= 15 is 0 Å². The van der Waals surface area contributed by atoms with Crippen LogP contribution in [-0.4, -0.2) is 40.0 Å². The van der Waals surface area contributed by atoms with E-state index in [1.807, 2.05) is 37.3 Å². The minimum Gasteiger partial charge on any atom is -0.458 e. The van der Waals surface area contributed by atoms with Crippen LogP contribution in [0.3, 0.4) is 0 Å². The molecule has 1 fully saturated rings. The Morgan fingerprint density at radius 3 is 2.75 bits per heavy atom. The molecule has 1 N–H and O–H groups in total. The number of nitrogens with zero attached hydrogens (tertiary/aromatic N) is 2. The summed E-state index contributed by atoms with van der Waals surface area (Å²) in [5.41, 5.74) is 0.333. The van der Waals surface area contributed by atoms with Crippen molar-refractivity contribution in [1.82, 2.24) is 15.4 Å². The lowest BCUT2D eigenvalue weighted by molar-refractivity contribution is -0.149. The van der Waals surface area contributed by atoms with Gasteiger partial charge in [0.2, 0.25) is 0 Å². The fourth-order valence-electron chi connectivity index (χ4n) is 3.04. The van der Waals surface area contributed by atoms with Crippen molar-refractivity contribution in [3.05, 3.63) is 42.1 Å². The normalized spacial score (nSPS) is 19.0. The van der Waals surface area contributed by atoms with E-state index in [1.54, 1.807) is 13.0 Å². The molecule has 1 aromatic carbocycles. The Bertz CT molecular complexity index is 864. The Morgan fingerprint density at radius 2 is 2.04 bits per heavy atom. The third kappa shape index (κ3) is 4.21. The van der Waals surface area contributed by atoms with Crippen LogP contribution in [0.5, 0.6) is 0 Å². The lowest BCUT2D eigenvalue weighted by Gasteiger charge is -2.20. The quantitative estimate of drug-likeness (QED) is 0.554. The molecule has 1 aliphatic heterocycles. The Labute approximate surface area is 162 Å². The first-order valence-electron chi connectivity index (χ1n) is 9.23. The zero-order chi connectivity index (χ0) is 20.1. The van der Waals surface area contributed by atoms with Crippen LogP contribution in [0.15, 0.2) is 40.9 Å². The van der Waals surface area contributed by atoms with E-state index in [1.165, 1.54) is 0 Å². The van der Waals surface area contributed by atoms with Gasteiger partial charge >= 0.3 is 12.0 Å². The molecule has 1 saturated heterocycles. The molecule has 3 rings (SSSR count). The molecule has 8 heteroatoms. The number of aromatic nitrogens is 1. The number of hydrogen-bond acceptors (Lipinski definition) is 6. The zero-order valence-corrected chi connectivity index (χ0v) is 15.9. The maximum atomic E-state index is 12.5. The maximum absolute atomic E-state index is 12.5. The number of urea groups is 1. The molecule has 0 unspecified atom stereocenters. The number of carbonyl (C=O) groups is 3. The molecule has 0 saturated carbocycles.